The zero-order valence-corrected chi connectivity index (χ0v) is 13.8. The number of rotatable bonds is 5. The van der Waals surface area contributed by atoms with Crippen molar-refractivity contribution in [2.24, 2.45) is 0 Å². The Bertz CT molecular complexity index is 625. The number of ether oxygens (including phenoxy) is 1. The maximum absolute atomic E-state index is 6.07. The van der Waals surface area contributed by atoms with Crippen molar-refractivity contribution in [2.75, 3.05) is 13.7 Å². The van der Waals surface area contributed by atoms with Gasteiger partial charge in [0.05, 0.1) is 13.2 Å². The van der Waals surface area contributed by atoms with Gasteiger partial charge in [-0.05, 0) is 43.7 Å². The average molecular weight is 304 g/mol. The number of hydrogen-bond acceptors (Lipinski definition) is 2. The number of nitrogens with one attached hydrogen (secondary N) is 1. The van der Waals surface area contributed by atoms with Gasteiger partial charge in [0.2, 0.25) is 0 Å². The summed E-state index contributed by atoms with van der Waals surface area (Å²) in [6.07, 6.45) is 0. The largest absolute Gasteiger partial charge is 0.496 e. The lowest BCUT2D eigenvalue weighted by molar-refractivity contribution is 0.404. The lowest BCUT2D eigenvalue weighted by atomic mass is 9.93. The fourth-order valence-corrected chi connectivity index (χ4v) is 2.83. The van der Waals surface area contributed by atoms with Crippen LogP contribution >= 0.6 is 11.6 Å². The van der Waals surface area contributed by atoms with Crippen LogP contribution < -0.4 is 10.1 Å². The highest BCUT2D eigenvalue weighted by Crippen LogP contribution is 2.33. The zero-order valence-electron chi connectivity index (χ0n) is 13.0. The topological polar surface area (TPSA) is 21.3 Å². The van der Waals surface area contributed by atoms with E-state index in [1.54, 1.807) is 7.11 Å². The molecule has 0 radical (unpaired) electrons. The van der Waals surface area contributed by atoms with E-state index in [1.165, 1.54) is 16.7 Å². The zero-order chi connectivity index (χ0) is 15.4. The van der Waals surface area contributed by atoms with Gasteiger partial charge in [-0.2, -0.15) is 0 Å². The molecule has 0 aromatic heterocycles. The smallest absolute Gasteiger partial charge is 0.125 e. The van der Waals surface area contributed by atoms with Gasteiger partial charge in [0.1, 0.15) is 5.75 Å². The van der Waals surface area contributed by atoms with E-state index in [2.05, 4.69) is 44.3 Å². The average Bonchev–Trinajstić information content (AvgIpc) is 2.45. The van der Waals surface area contributed by atoms with Crippen LogP contribution in [0.1, 0.15) is 35.2 Å². The Balaban J connectivity index is 2.53. The summed E-state index contributed by atoms with van der Waals surface area (Å²) in [5.41, 5.74) is 4.92. The van der Waals surface area contributed by atoms with Gasteiger partial charge in [-0.25, -0.2) is 0 Å². The molecule has 0 bridgehead atoms. The van der Waals surface area contributed by atoms with E-state index < -0.39 is 0 Å². The molecule has 0 aliphatic rings. The van der Waals surface area contributed by atoms with E-state index in [0.29, 0.717) is 5.02 Å². The Morgan fingerprint density at radius 1 is 1.10 bits per heavy atom. The summed E-state index contributed by atoms with van der Waals surface area (Å²) in [6, 6.07) is 12.5. The van der Waals surface area contributed by atoms with Crippen LogP contribution in [0.5, 0.6) is 5.75 Å². The maximum Gasteiger partial charge on any atom is 0.125 e. The maximum atomic E-state index is 6.07. The van der Waals surface area contributed by atoms with E-state index in [4.69, 9.17) is 16.3 Å². The number of aryl methyl sites for hydroxylation is 2. The van der Waals surface area contributed by atoms with E-state index in [-0.39, 0.29) is 6.04 Å². The first-order valence-corrected chi connectivity index (χ1v) is 7.58. The Morgan fingerprint density at radius 2 is 1.81 bits per heavy atom. The van der Waals surface area contributed by atoms with Gasteiger partial charge in [-0.1, -0.05) is 48.4 Å². The van der Waals surface area contributed by atoms with Crippen molar-refractivity contribution < 1.29 is 4.74 Å². The normalized spacial score (nSPS) is 12.2. The van der Waals surface area contributed by atoms with Gasteiger partial charge in [-0.15, -0.1) is 0 Å². The van der Waals surface area contributed by atoms with Gasteiger partial charge in [0.25, 0.3) is 0 Å². The van der Waals surface area contributed by atoms with E-state index in [9.17, 15) is 0 Å². The predicted octanol–water partition coefficient (Wildman–Crippen LogP) is 4.66. The molecule has 1 unspecified atom stereocenters. The third kappa shape index (κ3) is 3.58. The summed E-state index contributed by atoms with van der Waals surface area (Å²) in [6.45, 7) is 7.25. The van der Waals surface area contributed by atoms with Gasteiger partial charge < -0.3 is 10.1 Å². The second-order valence-corrected chi connectivity index (χ2v) is 5.67. The van der Waals surface area contributed by atoms with Crippen LogP contribution in [0, 0.1) is 13.8 Å². The predicted molar refractivity (Wildman–Crippen MR) is 89.4 cm³/mol. The van der Waals surface area contributed by atoms with Gasteiger partial charge in [0, 0.05) is 10.6 Å². The summed E-state index contributed by atoms with van der Waals surface area (Å²) < 4.78 is 5.51. The summed E-state index contributed by atoms with van der Waals surface area (Å²) in [4.78, 5) is 0. The molecular formula is C18H22ClNO. The van der Waals surface area contributed by atoms with Gasteiger partial charge >= 0.3 is 0 Å². The van der Waals surface area contributed by atoms with Crippen molar-refractivity contribution in [2.45, 2.75) is 26.8 Å². The summed E-state index contributed by atoms with van der Waals surface area (Å²) >= 11 is 6.07. The Hall–Kier alpha value is -1.51. The van der Waals surface area contributed by atoms with Gasteiger partial charge in [0.15, 0.2) is 0 Å². The molecule has 0 saturated carbocycles. The third-order valence-corrected chi connectivity index (χ3v) is 3.89. The van der Waals surface area contributed by atoms with Gasteiger partial charge in [-0.3, -0.25) is 0 Å². The summed E-state index contributed by atoms with van der Waals surface area (Å²) in [5.74, 6) is 0.813. The first-order valence-electron chi connectivity index (χ1n) is 7.20. The van der Waals surface area contributed by atoms with Crippen molar-refractivity contribution in [1.82, 2.24) is 5.32 Å². The molecule has 1 atom stereocenters. The highest BCUT2D eigenvalue weighted by molar-refractivity contribution is 6.30. The Kier molecular flexibility index (Phi) is 5.27. The molecule has 2 nitrogen and oxygen atoms in total. The van der Waals surface area contributed by atoms with E-state index in [1.807, 2.05) is 18.2 Å². The van der Waals surface area contributed by atoms with Crippen molar-refractivity contribution >= 4 is 11.6 Å². The second-order valence-electron chi connectivity index (χ2n) is 5.24. The number of benzene rings is 2. The molecule has 2 aromatic carbocycles. The molecule has 0 aliphatic carbocycles. The number of hydrogen-bond donors (Lipinski definition) is 1. The van der Waals surface area contributed by atoms with Crippen LogP contribution in [0.4, 0.5) is 0 Å². The molecule has 0 heterocycles. The molecule has 1 N–H and O–H groups in total. The van der Waals surface area contributed by atoms with Crippen molar-refractivity contribution in [3.05, 3.63) is 63.7 Å². The molecule has 112 valence electrons. The minimum atomic E-state index is 0.0998. The van der Waals surface area contributed by atoms with E-state index >= 15 is 0 Å². The molecule has 3 heteroatoms. The SMILES string of the molecule is CCNC(c1ccc(C)cc1C)c1ccc(Cl)cc1OC. The Labute approximate surface area is 132 Å². The lowest BCUT2D eigenvalue weighted by Crippen LogP contribution is -2.23. The fraction of sp³-hybridized carbons (Fsp3) is 0.333. The minimum Gasteiger partial charge on any atom is -0.496 e. The standard InChI is InChI=1S/C18H22ClNO/c1-5-20-18(15-8-6-12(2)10-13(15)3)16-9-7-14(19)11-17(16)21-4/h6-11,18,20H,5H2,1-4H3. The summed E-state index contributed by atoms with van der Waals surface area (Å²) in [5, 5.41) is 4.23. The number of methoxy groups -OCH3 is 1. The Morgan fingerprint density at radius 3 is 2.43 bits per heavy atom. The second kappa shape index (κ2) is 6.97. The first kappa shape index (κ1) is 15.9. The lowest BCUT2D eigenvalue weighted by Gasteiger charge is -2.23. The van der Waals surface area contributed by atoms with Crippen LogP contribution in [0.3, 0.4) is 0 Å². The molecule has 0 saturated heterocycles. The third-order valence-electron chi connectivity index (χ3n) is 3.65. The highest BCUT2D eigenvalue weighted by atomic mass is 35.5. The van der Waals surface area contributed by atoms with Crippen LogP contribution in [0.25, 0.3) is 0 Å². The molecular weight excluding hydrogens is 282 g/mol. The molecule has 0 aliphatic heterocycles. The van der Waals surface area contributed by atoms with Crippen molar-refractivity contribution in [3.63, 3.8) is 0 Å². The van der Waals surface area contributed by atoms with Crippen LogP contribution in [-0.2, 0) is 0 Å². The quantitative estimate of drug-likeness (QED) is 0.867. The molecule has 0 spiro atoms. The molecule has 21 heavy (non-hydrogen) atoms. The molecule has 0 fully saturated rings. The number of halogens is 1. The highest BCUT2D eigenvalue weighted by Gasteiger charge is 2.19. The minimum absolute atomic E-state index is 0.0998. The molecule has 0 amide bonds. The molecule has 2 rings (SSSR count). The van der Waals surface area contributed by atoms with Crippen LogP contribution in [-0.4, -0.2) is 13.7 Å². The van der Waals surface area contributed by atoms with Crippen LogP contribution in [0.15, 0.2) is 36.4 Å². The van der Waals surface area contributed by atoms with E-state index in [0.717, 1.165) is 17.9 Å². The van der Waals surface area contributed by atoms with Crippen molar-refractivity contribution in [1.29, 1.82) is 0 Å². The molecule has 2 aromatic rings. The fourth-order valence-electron chi connectivity index (χ4n) is 2.66. The first-order chi connectivity index (χ1) is 10.1. The van der Waals surface area contributed by atoms with Crippen molar-refractivity contribution in [3.8, 4) is 5.75 Å². The van der Waals surface area contributed by atoms with Crippen LogP contribution in [0.2, 0.25) is 5.02 Å². The summed E-state index contributed by atoms with van der Waals surface area (Å²) in [7, 11) is 1.68. The monoisotopic (exact) mass is 303 g/mol.